The summed E-state index contributed by atoms with van der Waals surface area (Å²) in [6, 6.07) is 9.20. The van der Waals surface area contributed by atoms with Gasteiger partial charge in [-0.3, -0.25) is 9.59 Å². The largest absolute Gasteiger partial charge is 0.494 e. The van der Waals surface area contributed by atoms with Gasteiger partial charge in [-0.25, -0.2) is 17.7 Å². The Morgan fingerprint density at radius 3 is 2.21 bits per heavy atom. The number of rotatable bonds is 10. The molecule has 0 N–H and O–H groups in total. The number of methoxy groups -OCH3 is 2. The first-order chi connectivity index (χ1) is 15.7. The smallest absolute Gasteiger partial charge is 0.252 e. The van der Waals surface area contributed by atoms with Gasteiger partial charge in [-0.2, -0.15) is 4.31 Å². The van der Waals surface area contributed by atoms with E-state index < -0.39 is 40.0 Å². The predicted octanol–water partition coefficient (Wildman–Crippen LogP) is 2.17. The number of amides is 2. The van der Waals surface area contributed by atoms with E-state index in [0.717, 1.165) is 33.5 Å². The SMILES string of the molecule is CCOc1ccc(N2C(=O)CC(N(CC(OC)OC)S(=O)(=O)c3ccc(F)cc3)C2=O)cc1. The molecule has 2 amide bonds. The lowest BCUT2D eigenvalue weighted by Gasteiger charge is -2.29. The summed E-state index contributed by atoms with van der Waals surface area (Å²) >= 11 is 0. The summed E-state index contributed by atoms with van der Waals surface area (Å²) in [5, 5.41) is 0. The minimum absolute atomic E-state index is 0.227. The summed E-state index contributed by atoms with van der Waals surface area (Å²) in [6.45, 7) is 1.93. The third-order valence-corrected chi connectivity index (χ3v) is 7.04. The fourth-order valence-electron chi connectivity index (χ4n) is 3.50. The highest BCUT2D eigenvalue weighted by Crippen LogP contribution is 2.30. The van der Waals surface area contributed by atoms with Crippen molar-refractivity contribution in [3.05, 3.63) is 54.3 Å². The highest BCUT2D eigenvalue weighted by molar-refractivity contribution is 7.89. The number of benzene rings is 2. The van der Waals surface area contributed by atoms with Crippen LogP contribution < -0.4 is 9.64 Å². The lowest BCUT2D eigenvalue weighted by Crippen LogP contribution is -2.49. The predicted molar refractivity (Wildman–Crippen MR) is 117 cm³/mol. The Hall–Kier alpha value is -2.86. The normalized spacial score (nSPS) is 16.8. The van der Waals surface area contributed by atoms with Crippen LogP contribution in [0, 0.1) is 5.82 Å². The van der Waals surface area contributed by atoms with E-state index in [1.54, 1.807) is 24.3 Å². The third kappa shape index (κ3) is 5.22. The Kier molecular flexibility index (Phi) is 7.80. The van der Waals surface area contributed by atoms with Crippen molar-refractivity contribution in [2.24, 2.45) is 0 Å². The van der Waals surface area contributed by atoms with Gasteiger partial charge in [-0.1, -0.05) is 0 Å². The van der Waals surface area contributed by atoms with Gasteiger partial charge >= 0.3 is 0 Å². The second-order valence-corrected chi connectivity index (χ2v) is 9.03. The van der Waals surface area contributed by atoms with Crippen molar-refractivity contribution in [2.45, 2.75) is 30.6 Å². The summed E-state index contributed by atoms with van der Waals surface area (Å²) in [7, 11) is -1.66. The van der Waals surface area contributed by atoms with Gasteiger partial charge in [0.15, 0.2) is 6.29 Å². The minimum Gasteiger partial charge on any atom is -0.494 e. The van der Waals surface area contributed by atoms with Gasteiger partial charge in [0, 0.05) is 14.2 Å². The number of ether oxygens (including phenoxy) is 3. The average molecular weight is 481 g/mol. The quantitative estimate of drug-likeness (QED) is 0.379. The van der Waals surface area contributed by atoms with Gasteiger partial charge in [0.2, 0.25) is 15.9 Å². The molecule has 33 heavy (non-hydrogen) atoms. The zero-order valence-electron chi connectivity index (χ0n) is 18.4. The van der Waals surface area contributed by atoms with E-state index in [-0.39, 0.29) is 17.9 Å². The number of anilines is 1. The number of hydrogen-bond donors (Lipinski definition) is 0. The van der Waals surface area contributed by atoms with E-state index in [4.69, 9.17) is 14.2 Å². The summed E-state index contributed by atoms with van der Waals surface area (Å²) < 4.78 is 56.7. The van der Waals surface area contributed by atoms with E-state index in [2.05, 4.69) is 0 Å². The van der Waals surface area contributed by atoms with E-state index in [9.17, 15) is 22.4 Å². The van der Waals surface area contributed by atoms with Crippen molar-refractivity contribution in [2.75, 3.05) is 32.3 Å². The standard InChI is InChI=1S/C22H25FN2O7S/c1-4-32-17-9-7-16(8-10-17)25-20(26)13-19(22(25)27)24(14-21(30-2)31-3)33(28,29)18-11-5-15(23)6-12-18/h5-12,19,21H,4,13-14H2,1-3H3. The van der Waals surface area contributed by atoms with Crippen molar-refractivity contribution in [1.29, 1.82) is 0 Å². The maximum absolute atomic E-state index is 13.4. The van der Waals surface area contributed by atoms with Crippen LogP contribution in [0.4, 0.5) is 10.1 Å². The summed E-state index contributed by atoms with van der Waals surface area (Å²) in [5.41, 5.74) is 0.296. The molecule has 1 unspecified atom stereocenters. The summed E-state index contributed by atoms with van der Waals surface area (Å²) in [6.07, 6.45) is -1.37. The first kappa shape index (κ1) is 24.8. The van der Waals surface area contributed by atoms with Gasteiger partial charge < -0.3 is 14.2 Å². The molecule has 11 heteroatoms. The zero-order chi connectivity index (χ0) is 24.2. The summed E-state index contributed by atoms with van der Waals surface area (Å²) in [5.74, 6) is -1.30. The van der Waals surface area contributed by atoms with Crippen LogP contribution in [-0.4, -0.2) is 64.2 Å². The molecule has 0 bridgehead atoms. The Morgan fingerprint density at radius 2 is 1.67 bits per heavy atom. The van der Waals surface area contributed by atoms with Crippen LogP contribution in [0.2, 0.25) is 0 Å². The molecule has 2 aromatic carbocycles. The molecular formula is C22H25FN2O7S. The Balaban J connectivity index is 1.97. The fourth-order valence-corrected chi connectivity index (χ4v) is 5.07. The van der Waals surface area contributed by atoms with Crippen LogP contribution in [0.1, 0.15) is 13.3 Å². The van der Waals surface area contributed by atoms with E-state index in [0.29, 0.717) is 18.0 Å². The maximum atomic E-state index is 13.4. The second-order valence-electron chi connectivity index (χ2n) is 7.14. The lowest BCUT2D eigenvalue weighted by molar-refractivity contribution is -0.125. The van der Waals surface area contributed by atoms with E-state index >= 15 is 0 Å². The number of carbonyl (C=O) groups is 2. The molecule has 1 fully saturated rings. The van der Waals surface area contributed by atoms with Crippen molar-refractivity contribution in [1.82, 2.24) is 4.31 Å². The number of nitrogens with zero attached hydrogens (tertiary/aromatic N) is 2. The van der Waals surface area contributed by atoms with Crippen LogP contribution in [0.15, 0.2) is 53.4 Å². The van der Waals surface area contributed by atoms with Crippen LogP contribution in [0.25, 0.3) is 0 Å². The zero-order valence-corrected chi connectivity index (χ0v) is 19.2. The Labute approximate surface area is 191 Å². The number of imide groups is 1. The van der Waals surface area contributed by atoms with E-state index in [1.807, 2.05) is 6.92 Å². The van der Waals surface area contributed by atoms with Crippen LogP contribution in [0.5, 0.6) is 5.75 Å². The first-order valence-corrected chi connectivity index (χ1v) is 11.6. The molecule has 1 aliphatic rings. The van der Waals surface area contributed by atoms with Crippen molar-refractivity contribution in [3.8, 4) is 5.75 Å². The molecule has 1 heterocycles. The Bertz CT molecular complexity index is 1090. The molecule has 178 valence electrons. The molecule has 0 radical (unpaired) electrons. The highest BCUT2D eigenvalue weighted by atomic mass is 32.2. The monoisotopic (exact) mass is 480 g/mol. The highest BCUT2D eigenvalue weighted by Gasteiger charge is 2.47. The molecular weight excluding hydrogens is 455 g/mol. The topological polar surface area (TPSA) is 102 Å². The third-order valence-electron chi connectivity index (χ3n) is 5.15. The van der Waals surface area contributed by atoms with Crippen molar-refractivity contribution < 1.29 is 36.6 Å². The van der Waals surface area contributed by atoms with E-state index in [1.165, 1.54) is 14.2 Å². The van der Waals surface area contributed by atoms with Gasteiger partial charge in [-0.05, 0) is 55.5 Å². The van der Waals surface area contributed by atoms with Crippen molar-refractivity contribution >= 4 is 27.5 Å². The molecule has 0 aromatic heterocycles. The molecule has 9 nitrogen and oxygen atoms in total. The maximum Gasteiger partial charge on any atom is 0.252 e. The van der Waals surface area contributed by atoms with Gasteiger partial charge in [0.1, 0.15) is 17.6 Å². The molecule has 0 spiro atoms. The molecule has 1 aliphatic heterocycles. The number of hydrogen-bond acceptors (Lipinski definition) is 7. The van der Waals surface area contributed by atoms with Crippen molar-refractivity contribution in [3.63, 3.8) is 0 Å². The fraction of sp³-hybridized carbons (Fsp3) is 0.364. The van der Waals surface area contributed by atoms with Crippen LogP contribution >= 0.6 is 0 Å². The average Bonchev–Trinajstić information content (AvgIpc) is 3.09. The second kappa shape index (κ2) is 10.4. The Morgan fingerprint density at radius 1 is 1.06 bits per heavy atom. The van der Waals surface area contributed by atoms with Crippen LogP contribution in [0.3, 0.4) is 0 Å². The van der Waals surface area contributed by atoms with Gasteiger partial charge in [0.05, 0.1) is 30.2 Å². The van der Waals surface area contributed by atoms with Crippen LogP contribution in [-0.2, 0) is 29.1 Å². The number of halogens is 1. The first-order valence-electron chi connectivity index (χ1n) is 10.2. The number of sulfonamides is 1. The molecule has 0 saturated carbocycles. The van der Waals surface area contributed by atoms with Gasteiger partial charge in [0.25, 0.3) is 5.91 Å². The molecule has 1 saturated heterocycles. The molecule has 1 atom stereocenters. The molecule has 3 rings (SSSR count). The molecule has 0 aliphatic carbocycles. The number of carbonyl (C=O) groups excluding carboxylic acids is 2. The van der Waals surface area contributed by atoms with Gasteiger partial charge in [-0.15, -0.1) is 0 Å². The minimum atomic E-state index is -4.31. The molecule has 2 aromatic rings. The lowest BCUT2D eigenvalue weighted by atomic mass is 10.2. The summed E-state index contributed by atoms with van der Waals surface area (Å²) in [4.78, 5) is 26.8.